The van der Waals surface area contributed by atoms with E-state index in [1.165, 1.54) is 83.3 Å². The standard InChI is InChI=1S/C52H82N4O11S.C50H68ClN5O16S2/c1-13-34(6)48(42(66-10)30-45(60)55-26-20-23-39(55)49(67-11)35(7)40(57)28-37(52(64)65)27-36-21-16-14-17-22-36)54(9)50(62)38(32(2)3)29-41(58)47(33(4)5)53(8)44(59)24-18-15-19-25-56-46(61)31-43(68-12)51(56)63;1-28-9-8-10-33(27-58)50(67)25-35(70-48(66)52-50)29(2)44-49(4,72-44)38(24-40(60)54(6)34-21-31(19-28)20-32(26-57)43(34)51)71-47(65)30(3)53(5)39(59)11-18-74-37-23-42(62)56(46(37)64)13-15-69-17-16-68-14-12-55-41(61)22-36(73-7)45(55)63/h14,16-17,21-22,32-35,37-39,42-43,47-49H,13,15,18-20,23-31H2,1-12H3,(H,64,65);8-10,20-21,29-30,33,35-38,44,57-58,67H,11-19,22-27H2,1-7H3,(H,52,66)/b;10-8+,28-9+/t34-,35-,37+,38-,39-,42+,43?,47-,48-,49+;29-,30-,33+,35+,36?,37?,38+,44+,49+,50+/m01/s1. The largest absolute Gasteiger partial charge is 0.481 e. The molecule has 2 aromatic carbocycles. The first-order valence-corrected chi connectivity index (χ1v) is 53.3. The van der Waals surface area contributed by atoms with Crippen LogP contribution in [0.4, 0.5) is 10.5 Å². The van der Waals surface area contributed by atoms with Gasteiger partial charge < -0.3 is 78.1 Å². The third-order valence-corrected chi connectivity index (χ3v) is 32.4. The number of epoxide rings is 1. The van der Waals surface area contributed by atoms with Crippen LogP contribution < -0.4 is 10.2 Å². The van der Waals surface area contributed by atoms with E-state index in [1.54, 1.807) is 81.3 Å². The number of ketones is 2. The number of carbonyl (C=O) groups excluding carboxylic acids is 15. The molecule has 3 unspecified atom stereocenters. The number of unbranched alkanes of at least 4 members (excludes halogenated alkanes) is 2. The number of imide groups is 3. The Bertz CT molecular complexity index is 4820. The molecule has 5 N–H and O–H groups in total. The third-order valence-electron chi connectivity index (χ3n) is 28.9. The van der Waals surface area contributed by atoms with Crippen molar-refractivity contribution in [1.29, 1.82) is 0 Å². The summed E-state index contributed by atoms with van der Waals surface area (Å²) in [5.74, 6) is -9.81. The van der Waals surface area contributed by atoms with E-state index in [0.29, 0.717) is 74.8 Å². The second kappa shape index (κ2) is 55.2. The zero-order valence-corrected chi connectivity index (χ0v) is 88.9. The van der Waals surface area contributed by atoms with Gasteiger partial charge in [0.05, 0.1) is 134 Å². The van der Waals surface area contributed by atoms with E-state index < -0.39 is 156 Å². The van der Waals surface area contributed by atoms with E-state index >= 15 is 0 Å². The molecule has 7 heterocycles. The number of hydrogen-bond donors (Lipinski definition) is 5. The Balaban J connectivity index is 0.000000349. The number of rotatable bonds is 49. The van der Waals surface area contributed by atoms with Gasteiger partial charge in [-0.2, -0.15) is 23.5 Å². The molecule has 7 aliphatic rings. The molecule has 0 saturated carbocycles. The monoisotopic (exact) mass is 2060 g/mol. The van der Waals surface area contributed by atoms with Gasteiger partial charge in [0.2, 0.25) is 65.0 Å². The number of Topliss-reactive ketones (excluding diaryl/α,β-unsaturated/α-hetero) is 2. The normalized spacial score (nSPS) is 25.2. The summed E-state index contributed by atoms with van der Waals surface area (Å²) in [6.07, 6.45) is 7.25. The van der Waals surface area contributed by atoms with Crippen molar-refractivity contribution in [3.8, 4) is 0 Å². The van der Waals surface area contributed by atoms with Gasteiger partial charge in [-0.3, -0.25) is 87.1 Å². The van der Waals surface area contributed by atoms with Crippen molar-refractivity contribution in [3.05, 3.63) is 88.0 Å². The number of aliphatic hydroxyl groups is 3. The summed E-state index contributed by atoms with van der Waals surface area (Å²) in [5, 5.41) is 43.7. The average Bonchev–Trinajstić information content (AvgIpc) is 1.57. The highest BCUT2D eigenvalue weighted by molar-refractivity contribution is 8.00. The van der Waals surface area contributed by atoms with Crippen molar-refractivity contribution in [3.63, 3.8) is 0 Å². The number of nitrogens with zero attached hydrogens (tertiary/aromatic N) is 8. The van der Waals surface area contributed by atoms with Crippen molar-refractivity contribution < 1.29 is 130 Å². The van der Waals surface area contributed by atoms with Crippen molar-refractivity contribution in [2.75, 3.05) is 125 Å². The lowest BCUT2D eigenvalue weighted by atomic mass is 9.81. The molecule has 2 aromatic rings. The topological polar surface area (TPSA) is 460 Å². The number of anilines is 1. The van der Waals surface area contributed by atoms with Gasteiger partial charge in [0.25, 0.3) is 0 Å². The van der Waals surface area contributed by atoms with E-state index in [-0.39, 0.29) is 202 Å². The number of amides is 12. The summed E-state index contributed by atoms with van der Waals surface area (Å²) in [6.45, 7) is 20.6. The molecule has 0 spiro atoms. The van der Waals surface area contributed by atoms with Crippen molar-refractivity contribution >= 4 is 147 Å². The van der Waals surface area contributed by atoms with Gasteiger partial charge in [-0.15, -0.1) is 11.8 Å². The van der Waals surface area contributed by atoms with Crippen LogP contribution in [0.5, 0.6) is 0 Å². The Morgan fingerprint density at radius 2 is 1.31 bits per heavy atom. The zero-order valence-electron chi connectivity index (χ0n) is 85.7. The summed E-state index contributed by atoms with van der Waals surface area (Å²) < 4.78 is 41.1. The molecule has 36 nitrogen and oxygen atoms in total. The quantitative estimate of drug-likeness (QED) is 0.0178. The summed E-state index contributed by atoms with van der Waals surface area (Å²) >= 11 is 10.6. The van der Waals surface area contributed by atoms with E-state index in [2.05, 4.69) is 5.32 Å². The van der Waals surface area contributed by atoms with E-state index in [9.17, 15) is 97.1 Å². The highest BCUT2D eigenvalue weighted by Gasteiger charge is 2.65. The van der Waals surface area contributed by atoms with E-state index in [1.807, 2.05) is 85.1 Å². The Morgan fingerprint density at radius 3 is 1.87 bits per heavy atom. The highest BCUT2D eigenvalue weighted by atomic mass is 35.5. The van der Waals surface area contributed by atoms with Crippen LogP contribution in [0.1, 0.15) is 196 Å². The summed E-state index contributed by atoms with van der Waals surface area (Å²) in [7, 11) is 9.30. The maximum atomic E-state index is 14.7. The zero-order chi connectivity index (χ0) is 105. The lowest BCUT2D eigenvalue weighted by Crippen LogP contribution is -2.62. The number of allylic oxidation sites excluding steroid dienone is 3. The number of ether oxygens (including phenoxy) is 7. The third kappa shape index (κ3) is 30.7. The second-order valence-electron chi connectivity index (χ2n) is 39.2. The van der Waals surface area contributed by atoms with Gasteiger partial charge in [-0.25, -0.2) is 9.59 Å². The lowest BCUT2D eigenvalue weighted by molar-refractivity contribution is -0.162. The number of fused-ring (bicyclic) bond motifs is 5. The molecule has 7 aliphatic heterocycles. The number of halogens is 1. The number of carbonyl (C=O) groups is 16. The number of aliphatic hydroxyl groups excluding tert-OH is 2. The first-order valence-electron chi connectivity index (χ1n) is 49.2. The van der Waals surface area contributed by atoms with Gasteiger partial charge in [0, 0.05) is 136 Å². The molecule has 9 rings (SSSR count). The molecule has 40 heteroatoms. The van der Waals surface area contributed by atoms with E-state index in [4.69, 9.17) is 44.8 Å². The minimum Gasteiger partial charge on any atom is -0.481 e. The molecular weight excluding hydrogens is 1910 g/mol. The first kappa shape index (κ1) is 118. The number of thioether (sulfide) groups is 3. The van der Waals surface area contributed by atoms with Crippen molar-refractivity contribution in [2.45, 2.75) is 280 Å². The molecule has 6 fully saturated rings. The molecule has 0 aromatic heterocycles. The Labute approximate surface area is 852 Å². The minimum absolute atomic E-state index is 0.0242. The smallest absolute Gasteiger partial charge is 0.409 e. The summed E-state index contributed by atoms with van der Waals surface area (Å²) in [6, 6.07) is 9.76. The van der Waals surface area contributed by atoms with Crippen LogP contribution in [0.15, 0.2) is 66.3 Å². The summed E-state index contributed by atoms with van der Waals surface area (Å²) in [5.41, 5.74) is -0.230. The molecule has 20 atom stereocenters. The number of nitrogens with one attached hydrogen (secondary N) is 1. The highest BCUT2D eigenvalue weighted by Crippen LogP contribution is 2.50. The Kier molecular flexibility index (Phi) is 46.0. The Morgan fingerprint density at radius 1 is 0.711 bits per heavy atom. The maximum Gasteiger partial charge on any atom is 0.409 e. The number of carboxylic acids is 1. The fraction of sp³-hybridized carbons (Fsp3) is 0.686. The van der Waals surface area contributed by atoms with Gasteiger partial charge >= 0.3 is 18.0 Å². The Hall–Kier alpha value is -8.74. The number of benzene rings is 2. The number of aliphatic carboxylic acids is 1. The van der Waals surface area contributed by atoms with E-state index in [0.717, 1.165) is 27.8 Å². The van der Waals surface area contributed by atoms with Gasteiger partial charge in [0.1, 0.15) is 29.6 Å². The minimum atomic E-state index is -1.92. The molecule has 12 amide bonds. The summed E-state index contributed by atoms with van der Waals surface area (Å²) in [4.78, 5) is 224. The molecule has 0 aliphatic carbocycles. The number of esters is 1. The van der Waals surface area contributed by atoms with Gasteiger partial charge in [-0.1, -0.05) is 140 Å². The van der Waals surface area contributed by atoms with Crippen molar-refractivity contribution in [2.24, 2.45) is 47.3 Å². The number of hydrogen-bond acceptors (Lipinski definition) is 29. The van der Waals surface area contributed by atoms with Crippen LogP contribution in [0, 0.1) is 47.3 Å². The first-order chi connectivity index (χ1) is 67.2. The van der Waals surface area contributed by atoms with Crippen LogP contribution in [-0.2, 0) is 125 Å². The predicted molar refractivity (Wildman–Crippen MR) is 536 cm³/mol. The number of likely N-dealkylation sites (tertiary alicyclic amines) is 4. The van der Waals surface area contributed by atoms with Gasteiger partial charge in [-0.05, 0) is 112 Å². The van der Waals surface area contributed by atoms with Crippen LogP contribution in [0.25, 0.3) is 0 Å². The number of methoxy groups -OCH3 is 2. The predicted octanol–water partition coefficient (Wildman–Crippen LogP) is 8.94. The van der Waals surface area contributed by atoms with Crippen LogP contribution >= 0.6 is 46.9 Å². The fourth-order valence-corrected chi connectivity index (χ4v) is 22.5. The maximum absolute atomic E-state index is 14.7. The number of likely N-dealkylation sites (N-methyl/N-ethyl adjacent to an activating group) is 3. The molecule has 0 radical (unpaired) electrons. The number of carboxylic acid groups (broad SMARTS) is 1. The average molecular weight is 2070 g/mol. The molecular formula is C102H150ClN9O27S3. The fourth-order valence-electron chi connectivity index (χ4n) is 19.8. The van der Waals surface area contributed by atoms with Crippen molar-refractivity contribution in [1.82, 2.24) is 39.6 Å². The molecule has 142 heavy (non-hydrogen) atoms. The van der Waals surface area contributed by atoms with Crippen LogP contribution in [0.3, 0.4) is 0 Å². The van der Waals surface area contributed by atoms with Crippen LogP contribution in [-0.4, -0.2) is 351 Å². The second-order valence-corrected chi connectivity index (χ2v) is 43.0. The SMILES string of the molecule is CC[C@H](C)[C@@H]([C@@H](CC(=O)N1CCC[C@H]1[C@H](OC)[C@@H](C)C(=O)C[C@@H](Cc1ccccc1)C(=O)O)OC)N(C)C(=O)[C@@H](CC(=O)[C@H](C(C)C)N(C)C(=O)CCCCCN1C(=O)CC(SC)C1=O)C(C)C.CSC1CC(=O)N(CCOCCOCCN2C(=O)CC(SCCC(=O)N(C)[C@H](C)C(=O)O[C@H]3CC(=O)N(C)c4cc(cc(CO)c4Cl)C/C(C)=C/C=C/[C@@H](CO)[C@@]4(O)C[C@H](OC(=O)N4)[C@@H](C)[C@@H]4O[C@@]34C)C2=O)C1=O. The molecule has 6 saturated heterocycles. The van der Waals surface area contributed by atoms with Crippen LogP contribution in [0.2, 0.25) is 5.02 Å². The lowest BCUT2D eigenvalue weighted by Gasteiger charge is -2.42. The van der Waals surface area contributed by atoms with Gasteiger partial charge in [0.15, 0.2) is 11.5 Å². The molecule has 4 bridgehead atoms. The number of alkyl carbamates (subject to hydrolysis) is 1. The molecule has 790 valence electrons.